The topological polar surface area (TPSA) is 112 Å². The predicted molar refractivity (Wildman–Crippen MR) is 24.8 cm³/mol. The van der Waals surface area contributed by atoms with E-state index < -0.39 is 5.09 Å². The summed E-state index contributed by atoms with van der Waals surface area (Å²) in [6, 6.07) is 0. The number of hydrogen-bond acceptors (Lipinski definition) is 6. The molecular weight excluding hydrogens is 130 g/mol. The van der Waals surface area contributed by atoms with E-state index in [1.807, 2.05) is 0 Å². The quantitative estimate of drug-likeness (QED) is 0.293. The molecule has 0 saturated heterocycles. The lowest BCUT2D eigenvalue weighted by atomic mass is 11.2. The summed E-state index contributed by atoms with van der Waals surface area (Å²) in [6.07, 6.45) is 0. The van der Waals surface area contributed by atoms with E-state index in [9.17, 15) is 0 Å². The van der Waals surface area contributed by atoms with Crippen molar-refractivity contribution in [3.05, 3.63) is 10.1 Å². The van der Waals surface area contributed by atoms with Gasteiger partial charge >= 0.3 is 0 Å². The van der Waals surface area contributed by atoms with Crippen molar-refractivity contribution in [1.82, 2.24) is 10.9 Å². The first-order valence-electron chi connectivity index (χ1n) is 1.92. The van der Waals surface area contributed by atoms with Gasteiger partial charge in [-0.25, -0.2) is 0 Å². The van der Waals surface area contributed by atoms with Gasteiger partial charge in [0.2, 0.25) is 0 Å². The molecule has 1 aliphatic rings. The fourth-order valence-corrected chi connectivity index (χ4v) is 0.177. The average molecular weight is 135 g/mol. The molecule has 52 valence electrons. The smallest absolute Gasteiger partial charge is 0.291 e. The minimum absolute atomic E-state index is 0.667. The zero-order valence-electron chi connectivity index (χ0n) is 4.31. The molecule has 8 heteroatoms. The van der Waals surface area contributed by atoms with Crippen molar-refractivity contribution in [2.45, 2.75) is 0 Å². The Morgan fingerprint density at radius 2 is 1.89 bits per heavy atom. The summed E-state index contributed by atoms with van der Waals surface area (Å²) in [7, 11) is 0. The van der Waals surface area contributed by atoms with Crippen LogP contribution in [0.2, 0.25) is 0 Å². The maximum atomic E-state index is 8.36. The summed E-state index contributed by atoms with van der Waals surface area (Å²) in [5, 5.41) is 20.3. The van der Waals surface area contributed by atoms with Crippen molar-refractivity contribution >= 4 is 0 Å². The van der Waals surface area contributed by atoms with E-state index in [1.54, 1.807) is 0 Å². The molecular formula is CH5N5O3. The van der Waals surface area contributed by atoms with Gasteiger partial charge in [0.05, 0.1) is 0 Å². The molecule has 0 bridgehead atoms. The predicted octanol–water partition coefficient (Wildman–Crippen LogP) is -0.929. The zero-order chi connectivity index (χ0) is 7.11. The second-order valence-corrected chi connectivity index (χ2v) is 0.931. The number of nitrogens with one attached hydrogen (secondary N) is 2. The highest BCUT2D eigenvalue weighted by molar-refractivity contribution is 4.31. The van der Waals surface area contributed by atoms with E-state index in [1.165, 1.54) is 0 Å². The van der Waals surface area contributed by atoms with Crippen LogP contribution in [0.5, 0.6) is 0 Å². The Labute approximate surface area is 49.6 Å². The maximum Gasteiger partial charge on any atom is 0.291 e. The summed E-state index contributed by atoms with van der Waals surface area (Å²) >= 11 is 0. The monoisotopic (exact) mass is 135 g/mol. The first-order chi connectivity index (χ1) is 4.23. The largest absolute Gasteiger partial charge is 0.328 e. The Kier molecular flexibility index (Phi) is 3.75. The second-order valence-electron chi connectivity index (χ2n) is 0.931. The van der Waals surface area contributed by atoms with E-state index in [2.05, 4.69) is 21.3 Å². The lowest BCUT2D eigenvalue weighted by Crippen LogP contribution is -2.10. The van der Waals surface area contributed by atoms with Gasteiger partial charge in [0.1, 0.15) is 6.67 Å². The van der Waals surface area contributed by atoms with Crippen LogP contribution in [0, 0.1) is 10.1 Å². The molecule has 0 saturated carbocycles. The van der Waals surface area contributed by atoms with Crippen LogP contribution in [0.3, 0.4) is 0 Å². The van der Waals surface area contributed by atoms with Crippen LogP contribution < -0.4 is 10.9 Å². The van der Waals surface area contributed by atoms with Crippen LogP contribution in [0.15, 0.2) is 10.4 Å². The first-order valence-corrected chi connectivity index (χ1v) is 1.92. The molecule has 1 aliphatic heterocycles. The van der Waals surface area contributed by atoms with E-state index in [-0.39, 0.29) is 0 Å². The fourth-order valence-electron chi connectivity index (χ4n) is 0.177. The average Bonchev–Trinajstić information content (AvgIpc) is 2.11. The Balaban J connectivity index is 0.000000148. The van der Waals surface area contributed by atoms with Crippen LogP contribution in [-0.2, 0) is 0 Å². The van der Waals surface area contributed by atoms with Crippen molar-refractivity contribution in [2.75, 3.05) is 6.67 Å². The van der Waals surface area contributed by atoms with Gasteiger partial charge in [0.15, 0.2) is 0 Å². The molecule has 1 rings (SSSR count). The minimum Gasteiger partial charge on any atom is -0.328 e. The van der Waals surface area contributed by atoms with Crippen molar-refractivity contribution in [1.29, 1.82) is 0 Å². The molecule has 8 nitrogen and oxygen atoms in total. The summed E-state index contributed by atoms with van der Waals surface area (Å²) in [6.45, 7) is 0.667. The van der Waals surface area contributed by atoms with Crippen LogP contribution in [0.25, 0.3) is 0 Å². The third kappa shape index (κ3) is 10.7. The van der Waals surface area contributed by atoms with Crippen molar-refractivity contribution in [2.24, 2.45) is 10.4 Å². The van der Waals surface area contributed by atoms with Crippen molar-refractivity contribution in [3.8, 4) is 0 Å². The first kappa shape index (κ1) is 7.40. The van der Waals surface area contributed by atoms with E-state index in [4.69, 9.17) is 15.3 Å². The number of hydrogen-bond donors (Lipinski definition) is 3. The van der Waals surface area contributed by atoms with Crippen LogP contribution in [0.1, 0.15) is 0 Å². The molecule has 0 aromatic rings. The molecule has 0 spiro atoms. The van der Waals surface area contributed by atoms with E-state index in [0.29, 0.717) is 6.67 Å². The zero-order valence-corrected chi connectivity index (χ0v) is 4.31. The second kappa shape index (κ2) is 4.56. The third-order valence-electron chi connectivity index (χ3n) is 0.350. The van der Waals surface area contributed by atoms with Gasteiger partial charge in [0.25, 0.3) is 5.09 Å². The highest BCUT2D eigenvalue weighted by Gasteiger charge is 1.80. The Hall–Kier alpha value is -1.60. The minimum atomic E-state index is -1.50. The Morgan fingerprint density at radius 3 is 2.00 bits per heavy atom. The van der Waals surface area contributed by atoms with Gasteiger partial charge < -0.3 is 5.21 Å². The van der Waals surface area contributed by atoms with Gasteiger partial charge in [0, 0.05) is 0 Å². The Bertz CT molecular complexity index is 101. The summed E-state index contributed by atoms with van der Waals surface area (Å²) in [4.78, 5) is 8.36. The van der Waals surface area contributed by atoms with E-state index >= 15 is 0 Å². The summed E-state index contributed by atoms with van der Waals surface area (Å²) in [5.41, 5.74) is 5.14. The molecule has 0 amide bonds. The third-order valence-corrected chi connectivity index (χ3v) is 0.350. The molecule has 0 fully saturated rings. The lowest BCUT2D eigenvalue weighted by molar-refractivity contribution is -0.742. The van der Waals surface area contributed by atoms with Gasteiger partial charge in [-0.3, -0.25) is 10.9 Å². The molecule has 0 aromatic heterocycles. The molecule has 0 aromatic carbocycles. The van der Waals surface area contributed by atoms with Crippen LogP contribution in [0.4, 0.5) is 0 Å². The molecule has 0 unspecified atom stereocenters. The van der Waals surface area contributed by atoms with Gasteiger partial charge in [-0.1, -0.05) is 10.4 Å². The van der Waals surface area contributed by atoms with Crippen molar-refractivity contribution < 1.29 is 10.3 Å². The molecule has 0 aliphatic carbocycles. The van der Waals surface area contributed by atoms with E-state index in [0.717, 1.165) is 0 Å². The number of rotatable bonds is 0. The van der Waals surface area contributed by atoms with Gasteiger partial charge in [-0.2, -0.15) is 0 Å². The molecule has 9 heavy (non-hydrogen) atoms. The molecule has 0 radical (unpaired) electrons. The van der Waals surface area contributed by atoms with Crippen molar-refractivity contribution in [3.63, 3.8) is 0 Å². The lowest BCUT2D eigenvalue weighted by Gasteiger charge is -1.75. The number of nitrogens with zero attached hydrogens (tertiary/aromatic N) is 3. The highest BCUT2D eigenvalue weighted by atomic mass is 16.9. The standard InChI is InChI=1S/CH4N4.HNO3/c1-2-4-5-3-1;2-1(3)4/h1H2,(H,2,5)(H,3,4);(H,2,3,4). The van der Waals surface area contributed by atoms with Crippen LogP contribution >= 0.6 is 0 Å². The Morgan fingerprint density at radius 1 is 1.56 bits per heavy atom. The highest BCUT2D eigenvalue weighted by Crippen LogP contribution is 1.66. The summed E-state index contributed by atoms with van der Waals surface area (Å²) in [5.74, 6) is 0. The van der Waals surface area contributed by atoms with Gasteiger partial charge in [-0.15, -0.1) is 10.1 Å². The molecule has 3 N–H and O–H groups in total. The normalized spacial score (nSPS) is 12.4. The molecule has 1 heterocycles. The maximum absolute atomic E-state index is 8.36. The summed E-state index contributed by atoms with van der Waals surface area (Å²) < 4.78 is 0. The fraction of sp³-hybridized carbons (Fsp3) is 1.00. The van der Waals surface area contributed by atoms with Crippen LogP contribution in [-0.4, -0.2) is 17.0 Å². The van der Waals surface area contributed by atoms with Gasteiger partial charge in [-0.05, 0) is 0 Å². The molecule has 0 atom stereocenters. The SMILES string of the molecule is C1NN=NN1.O=[N+]([O-])O.